The smallest absolute Gasteiger partial charge is 0.0591 e. The summed E-state index contributed by atoms with van der Waals surface area (Å²) in [4.78, 5) is 0. The molecule has 0 aromatic carbocycles. The van der Waals surface area contributed by atoms with Gasteiger partial charge in [-0.15, -0.1) is 0 Å². The van der Waals surface area contributed by atoms with E-state index in [0.29, 0.717) is 0 Å². The van der Waals surface area contributed by atoms with Crippen molar-refractivity contribution < 1.29 is 9.47 Å². The Balaban J connectivity index is 0.000000206. The second-order valence-corrected chi connectivity index (χ2v) is 2.72. The van der Waals surface area contributed by atoms with Gasteiger partial charge < -0.3 is 20.1 Å². The summed E-state index contributed by atoms with van der Waals surface area (Å²) in [6, 6.07) is 0. The van der Waals surface area contributed by atoms with Crippen LogP contribution in [0.4, 0.5) is 0 Å². The van der Waals surface area contributed by atoms with Gasteiger partial charge in [0.2, 0.25) is 0 Å². The monoisotopic (exact) mass is 185 g/mol. The molecule has 0 amide bonds. The molecule has 0 atom stereocenters. The van der Waals surface area contributed by atoms with E-state index >= 15 is 0 Å². The maximum absolute atomic E-state index is 5.01. The zero-order valence-electron chi connectivity index (χ0n) is 8.05. The molecule has 2 saturated heterocycles. The molecule has 0 bridgehead atoms. The molecule has 75 valence electrons. The van der Waals surface area contributed by atoms with Crippen molar-refractivity contribution in [3.05, 3.63) is 0 Å². The first-order valence-electron chi connectivity index (χ1n) is 4.57. The van der Waals surface area contributed by atoms with E-state index in [4.69, 9.17) is 9.47 Å². The minimum atomic E-state index is 0. The van der Waals surface area contributed by atoms with E-state index < -0.39 is 0 Å². The summed E-state index contributed by atoms with van der Waals surface area (Å²) >= 11 is 0. The van der Waals surface area contributed by atoms with Crippen LogP contribution in [0.2, 0.25) is 0 Å². The zero-order chi connectivity index (χ0) is 8.49. The molecule has 13 heavy (non-hydrogen) atoms. The highest BCUT2D eigenvalue weighted by Gasteiger charge is 1.93. The summed E-state index contributed by atoms with van der Waals surface area (Å²) in [6.07, 6.45) is 0. The first-order valence-corrected chi connectivity index (χ1v) is 4.57. The summed E-state index contributed by atoms with van der Waals surface area (Å²) in [5, 5.41) is 6.32. The van der Waals surface area contributed by atoms with Crippen LogP contribution in [0.5, 0.6) is 0 Å². The predicted octanol–water partition coefficient (Wildman–Crippen LogP) is -1.17. The number of hydrogen-bond acceptors (Lipinski definition) is 4. The van der Waals surface area contributed by atoms with Gasteiger partial charge in [-0.1, -0.05) is 0 Å². The molecule has 2 heterocycles. The van der Waals surface area contributed by atoms with E-state index in [2.05, 4.69) is 10.6 Å². The van der Waals surface area contributed by atoms with Crippen molar-refractivity contribution in [2.24, 2.45) is 0 Å². The van der Waals surface area contributed by atoms with Crippen LogP contribution in [0.1, 0.15) is 0 Å². The fraction of sp³-hybridized carbons (Fsp3) is 1.00. The van der Waals surface area contributed by atoms with E-state index in [1.807, 2.05) is 0 Å². The van der Waals surface area contributed by atoms with Gasteiger partial charge in [0.15, 0.2) is 0 Å². The summed E-state index contributed by atoms with van der Waals surface area (Å²) in [5.41, 5.74) is 0. The van der Waals surface area contributed by atoms with Gasteiger partial charge in [0.1, 0.15) is 0 Å². The first kappa shape index (κ1) is 12.9. The lowest BCUT2D eigenvalue weighted by molar-refractivity contribution is 0.109. The molecule has 5 heteroatoms. The van der Waals surface area contributed by atoms with Gasteiger partial charge in [-0.25, -0.2) is 0 Å². The molecule has 2 aliphatic rings. The van der Waals surface area contributed by atoms with Crippen molar-refractivity contribution in [3.63, 3.8) is 0 Å². The van der Waals surface area contributed by atoms with Crippen molar-refractivity contribution in [2.75, 3.05) is 52.6 Å². The maximum Gasteiger partial charge on any atom is 0.0591 e. The molecule has 0 unspecified atom stereocenters. The molecule has 2 N–H and O–H groups in total. The average Bonchev–Trinajstić information content (AvgIpc) is 2.24. The number of rotatable bonds is 0. The third-order valence-electron chi connectivity index (χ3n) is 1.69. The van der Waals surface area contributed by atoms with Crippen LogP contribution in [0, 0.1) is 0 Å². The van der Waals surface area contributed by atoms with Gasteiger partial charge >= 0.3 is 0 Å². The number of nitrogens with one attached hydrogen (secondary N) is 2. The van der Waals surface area contributed by atoms with Crippen LogP contribution >= 0.6 is 0 Å². The molecule has 0 spiro atoms. The van der Waals surface area contributed by atoms with Crippen LogP contribution < -0.4 is 10.6 Å². The van der Waals surface area contributed by atoms with Gasteiger partial charge in [0, 0.05) is 34.6 Å². The summed E-state index contributed by atoms with van der Waals surface area (Å²) in [6.45, 7) is 7.67. The van der Waals surface area contributed by atoms with E-state index in [1.54, 1.807) is 0 Å². The topological polar surface area (TPSA) is 42.5 Å². The zero-order valence-corrected chi connectivity index (χ0v) is 8.05. The number of hydrogen-bond donors (Lipinski definition) is 2. The van der Waals surface area contributed by atoms with Gasteiger partial charge in [-0.2, -0.15) is 0 Å². The molecule has 2 rings (SSSR count). The van der Waals surface area contributed by atoms with Crippen LogP contribution in [0.25, 0.3) is 0 Å². The largest absolute Gasteiger partial charge is 0.379 e. The fourth-order valence-electron chi connectivity index (χ4n) is 1.03. The predicted molar refractivity (Wildman–Crippen MR) is 53.1 cm³/mol. The minimum absolute atomic E-state index is 0. The Labute approximate surface area is 81.9 Å². The molecule has 4 nitrogen and oxygen atoms in total. The average molecular weight is 185 g/mol. The Morgan fingerprint density at radius 1 is 0.615 bits per heavy atom. The van der Waals surface area contributed by atoms with Gasteiger partial charge in [0.05, 0.1) is 26.4 Å². The highest BCUT2D eigenvalue weighted by Crippen LogP contribution is 1.77. The maximum atomic E-state index is 5.01. The second-order valence-electron chi connectivity index (χ2n) is 2.72. The van der Waals surface area contributed by atoms with Crippen LogP contribution in [0.15, 0.2) is 0 Å². The van der Waals surface area contributed by atoms with Crippen LogP contribution in [-0.4, -0.2) is 61.0 Å². The van der Waals surface area contributed by atoms with E-state index in [0.717, 1.165) is 52.6 Å². The van der Waals surface area contributed by atoms with Crippen molar-refractivity contribution in [2.45, 2.75) is 0 Å². The summed E-state index contributed by atoms with van der Waals surface area (Å²) < 4.78 is 10.0. The highest BCUT2D eigenvalue weighted by atomic mass is 16.5. The van der Waals surface area contributed by atoms with Crippen molar-refractivity contribution in [1.29, 1.82) is 0 Å². The van der Waals surface area contributed by atoms with Gasteiger partial charge in [0.25, 0.3) is 0 Å². The lowest BCUT2D eigenvalue weighted by Gasteiger charge is -2.10. The quantitative estimate of drug-likeness (QED) is 0.467. The van der Waals surface area contributed by atoms with E-state index in [9.17, 15) is 0 Å². The van der Waals surface area contributed by atoms with Crippen LogP contribution in [-0.2, 0) is 9.47 Å². The second kappa shape index (κ2) is 9.99. The molecular weight excluding hydrogens is 167 g/mol. The normalized spacial score (nSPS) is 22.2. The Morgan fingerprint density at radius 3 is 1.00 bits per heavy atom. The molecule has 0 aliphatic carbocycles. The molecular formula is C8H18BN2O2. The third kappa shape index (κ3) is 8.24. The van der Waals surface area contributed by atoms with Crippen molar-refractivity contribution >= 4 is 8.41 Å². The Hall–Kier alpha value is -0.0951. The fourth-order valence-corrected chi connectivity index (χ4v) is 1.03. The summed E-state index contributed by atoms with van der Waals surface area (Å²) in [5.74, 6) is 0. The molecule has 2 aliphatic heterocycles. The highest BCUT2D eigenvalue weighted by molar-refractivity contribution is 5.75. The van der Waals surface area contributed by atoms with Crippen molar-refractivity contribution in [3.8, 4) is 0 Å². The lowest BCUT2D eigenvalue weighted by atomic mass is 10.5. The van der Waals surface area contributed by atoms with Crippen LogP contribution in [0.3, 0.4) is 0 Å². The molecule has 0 saturated carbocycles. The van der Waals surface area contributed by atoms with Crippen molar-refractivity contribution in [1.82, 2.24) is 10.6 Å². The number of ether oxygens (including phenoxy) is 2. The Morgan fingerprint density at radius 2 is 0.923 bits per heavy atom. The molecule has 0 aromatic rings. The Bertz CT molecular complexity index is 63.1. The van der Waals surface area contributed by atoms with Gasteiger partial charge in [-0.3, -0.25) is 0 Å². The van der Waals surface area contributed by atoms with E-state index in [1.165, 1.54) is 0 Å². The molecule has 3 radical (unpaired) electrons. The molecule has 0 aromatic heterocycles. The SMILES string of the molecule is C1COCCN1.C1COCCN1.[B]. The van der Waals surface area contributed by atoms with Gasteiger partial charge in [-0.05, 0) is 0 Å². The minimum Gasteiger partial charge on any atom is -0.379 e. The first-order chi connectivity index (χ1) is 6.00. The Kier molecular flexibility index (Phi) is 9.92. The number of morpholine rings is 2. The standard InChI is InChI=1S/2C4H9NO.B/c2*1-3-6-4-2-5-1;/h2*5H,1-4H2;. The summed E-state index contributed by atoms with van der Waals surface area (Å²) in [7, 11) is 0. The third-order valence-corrected chi connectivity index (χ3v) is 1.69. The van der Waals surface area contributed by atoms with E-state index in [-0.39, 0.29) is 8.41 Å². The molecule has 2 fully saturated rings. The lowest BCUT2D eigenvalue weighted by Crippen LogP contribution is -2.30.